The third-order valence-electron chi connectivity index (χ3n) is 6.05. The van der Waals surface area contributed by atoms with Crippen molar-refractivity contribution in [1.82, 2.24) is 4.90 Å². The van der Waals surface area contributed by atoms with Gasteiger partial charge < -0.3 is 10.2 Å². The fourth-order valence-electron chi connectivity index (χ4n) is 4.41. The van der Waals surface area contributed by atoms with Gasteiger partial charge in [0.15, 0.2) is 0 Å². The molecule has 2 aromatic rings. The zero-order valence-corrected chi connectivity index (χ0v) is 19.3. The molecule has 0 aromatic heterocycles. The highest BCUT2D eigenvalue weighted by Crippen LogP contribution is 2.35. The smallest absolute Gasteiger partial charge is 0.119 e. The van der Waals surface area contributed by atoms with Gasteiger partial charge in [0.2, 0.25) is 0 Å². The zero-order valence-electron chi connectivity index (χ0n) is 19.3. The van der Waals surface area contributed by atoms with E-state index in [-0.39, 0.29) is 12.5 Å². The summed E-state index contributed by atoms with van der Waals surface area (Å²) in [5, 5.41) is 19.7. The number of aliphatic hydroxyl groups excluding tert-OH is 1. The first-order valence-electron chi connectivity index (χ1n) is 11.7. The normalized spacial score (nSPS) is 12.8. The molecule has 2 aromatic carbocycles. The first-order valence-corrected chi connectivity index (χ1v) is 11.7. The topological polar surface area (TPSA) is 43.7 Å². The summed E-state index contributed by atoms with van der Waals surface area (Å²) in [6, 6.07) is 17.7. The van der Waals surface area contributed by atoms with Gasteiger partial charge in [-0.1, -0.05) is 55.3 Å². The van der Waals surface area contributed by atoms with Crippen LogP contribution in [0.1, 0.15) is 82.4 Å². The van der Waals surface area contributed by atoms with Gasteiger partial charge in [-0.25, -0.2) is 0 Å². The summed E-state index contributed by atoms with van der Waals surface area (Å²) in [7, 11) is 0. The molecule has 0 heterocycles. The molecule has 0 aliphatic rings. The van der Waals surface area contributed by atoms with Gasteiger partial charge in [-0.05, 0) is 77.1 Å². The maximum Gasteiger partial charge on any atom is 0.119 e. The molecule has 0 fully saturated rings. The van der Waals surface area contributed by atoms with Crippen LogP contribution < -0.4 is 0 Å². The monoisotopic (exact) mass is 411 g/mol. The highest BCUT2D eigenvalue weighted by atomic mass is 16.3. The summed E-state index contributed by atoms with van der Waals surface area (Å²) in [6.45, 7) is 10.3. The number of aliphatic hydroxyl groups is 1. The van der Waals surface area contributed by atoms with E-state index in [1.807, 2.05) is 6.07 Å². The number of rotatable bonds is 13. The molecule has 0 aliphatic carbocycles. The molecular formula is C27H41NO2. The molecule has 166 valence electrons. The van der Waals surface area contributed by atoms with Gasteiger partial charge in [0.1, 0.15) is 5.75 Å². The van der Waals surface area contributed by atoms with Crippen molar-refractivity contribution >= 4 is 0 Å². The summed E-state index contributed by atoms with van der Waals surface area (Å²) in [5.41, 5.74) is 3.60. The third-order valence-corrected chi connectivity index (χ3v) is 6.05. The second kappa shape index (κ2) is 12.8. The summed E-state index contributed by atoms with van der Waals surface area (Å²) in [6.07, 6.45) is 6.22. The van der Waals surface area contributed by atoms with Crippen LogP contribution in [0.3, 0.4) is 0 Å². The highest BCUT2D eigenvalue weighted by molar-refractivity contribution is 5.43. The van der Waals surface area contributed by atoms with E-state index < -0.39 is 0 Å². The molecule has 30 heavy (non-hydrogen) atoms. The maximum absolute atomic E-state index is 10.8. The van der Waals surface area contributed by atoms with E-state index in [4.69, 9.17) is 5.11 Å². The number of phenols is 1. The largest absolute Gasteiger partial charge is 0.508 e. The first kappa shape index (κ1) is 24.4. The molecule has 0 radical (unpaired) electrons. The number of benzene rings is 2. The van der Waals surface area contributed by atoms with Gasteiger partial charge in [0.25, 0.3) is 0 Å². The average Bonchev–Trinajstić information content (AvgIpc) is 2.72. The predicted molar refractivity (Wildman–Crippen MR) is 127 cm³/mol. The third kappa shape index (κ3) is 7.45. The van der Waals surface area contributed by atoms with Crippen LogP contribution in [0.5, 0.6) is 5.75 Å². The Morgan fingerprint density at radius 1 is 0.833 bits per heavy atom. The fourth-order valence-corrected chi connectivity index (χ4v) is 4.41. The molecule has 0 amide bonds. The minimum Gasteiger partial charge on any atom is -0.508 e. The van der Waals surface area contributed by atoms with E-state index in [0.717, 1.165) is 50.6 Å². The van der Waals surface area contributed by atoms with Gasteiger partial charge in [-0.15, -0.1) is 0 Å². The maximum atomic E-state index is 10.8. The van der Waals surface area contributed by atoms with E-state index in [1.165, 1.54) is 11.1 Å². The van der Waals surface area contributed by atoms with Crippen LogP contribution in [0.15, 0.2) is 48.5 Å². The van der Waals surface area contributed by atoms with Gasteiger partial charge in [0.05, 0.1) is 0 Å². The molecule has 0 saturated heterocycles. The van der Waals surface area contributed by atoms with Crippen molar-refractivity contribution in [2.24, 2.45) is 0 Å². The van der Waals surface area contributed by atoms with Crippen molar-refractivity contribution in [3.8, 4) is 5.75 Å². The van der Waals surface area contributed by atoms with E-state index in [2.05, 4.69) is 75.1 Å². The Labute approximate surface area is 183 Å². The standard InChI is InChI=1S/C27H41NO2/c1-21(2)28(22(3)4)18-17-25(24-13-9-7-10-14-24)26-20-23(15-16-27(26)30)12-8-5-6-11-19-29/h7,9-10,13-16,20-22,25,29-30H,5-6,8,11-12,17-19H2,1-4H3. The number of aromatic hydroxyl groups is 1. The van der Waals surface area contributed by atoms with Crippen LogP contribution in [-0.2, 0) is 6.42 Å². The zero-order chi connectivity index (χ0) is 21.9. The molecule has 0 bridgehead atoms. The Balaban J connectivity index is 2.22. The lowest BCUT2D eigenvalue weighted by Crippen LogP contribution is -2.38. The van der Waals surface area contributed by atoms with Gasteiger partial charge >= 0.3 is 0 Å². The molecule has 0 aliphatic heterocycles. The van der Waals surface area contributed by atoms with Crippen LogP contribution >= 0.6 is 0 Å². The molecule has 3 nitrogen and oxygen atoms in total. The minimum absolute atomic E-state index is 0.181. The van der Waals surface area contributed by atoms with Crippen molar-refractivity contribution in [2.75, 3.05) is 13.2 Å². The Morgan fingerprint density at radius 3 is 2.13 bits per heavy atom. The summed E-state index contributed by atoms with van der Waals surface area (Å²) >= 11 is 0. The Bertz CT molecular complexity index is 719. The number of hydrogen-bond donors (Lipinski definition) is 2. The van der Waals surface area contributed by atoms with Crippen LogP contribution in [-0.4, -0.2) is 40.3 Å². The van der Waals surface area contributed by atoms with Crippen molar-refractivity contribution in [1.29, 1.82) is 0 Å². The van der Waals surface area contributed by atoms with Gasteiger partial charge in [-0.2, -0.15) is 0 Å². The number of unbranched alkanes of at least 4 members (excludes halogenated alkanes) is 3. The molecule has 1 unspecified atom stereocenters. The Hall–Kier alpha value is -1.84. The van der Waals surface area contributed by atoms with Crippen LogP contribution in [0.25, 0.3) is 0 Å². The summed E-state index contributed by atoms with van der Waals surface area (Å²) in [4.78, 5) is 2.53. The van der Waals surface area contributed by atoms with Gasteiger partial charge in [-0.3, -0.25) is 4.90 Å². The van der Waals surface area contributed by atoms with Crippen LogP contribution in [0.2, 0.25) is 0 Å². The predicted octanol–water partition coefficient (Wildman–Crippen LogP) is 6.13. The van der Waals surface area contributed by atoms with E-state index in [0.29, 0.717) is 17.8 Å². The first-order chi connectivity index (χ1) is 14.4. The molecule has 0 spiro atoms. The van der Waals surface area contributed by atoms with Crippen molar-refractivity contribution in [3.05, 3.63) is 65.2 Å². The molecule has 1 atom stereocenters. The average molecular weight is 412 g/mol. The molecule has 2 N–H and O–H groups in total. The van der Waals surface area contributed by atoms with Crippen molar-refractivity contribution in [3.63, 3.8) is 0 Å². The molecule has 0 saturated carbocycles. The van der Waals surface area contributed by atoms with E-state index in [1.54, 1.807) is 0 Å². The van der Waals surface area contributed by atoms with Crippen molar-refractivity contribution in [2.45, 2.75) is 84.2 Å². The molecule has 2 rings (SSSR count). The van der Waals surface area contributed by atoms with Crippen molar-refractivity contribution < 1.29 is 10.2 Å². The molecular weight excluding hydrogens is 370 g/mol. The lowest BCUT2D eigenvalue weighted by molar-refractivity contribution is 0.170. The second-order valence-electron chi connectivity index (χ2n) is 8.96. The van der Waals surface area contributed by atoms with Crippen LogP contribution in [0, 0.1) is 0 Å². The lowest BCUT2D eigenvalue weighted by atomic mass is 9.86. The number of nitrogens with zero attached hydrogens (tertiary/aromatic N) is 1. The van der Waals surface area contributed by atoms with E-state index >= 15 is 0 Å². The highest BCUT2D eigenvalue weighted by Gasteiger charge is 2.21. The number of aryl methyl sites for hydroxylation is 1. The summed E-state index contributed by atoms with van der Waals surface area (Å²) in [5.74, 6) is 0.578. The van der Waals surface area contributed by atoms with E-state index in [9.17, 15) is 5.11 Å². The number of hydrogen-bond acceptors (Lipinski definition) is 3. The quantitative estimate of drug-likeness (QED) is 0.390. The Morgan fingerprint density at radius 2 is 1.50 bits per heavy atom. The van der Waals surface area contributed by atoms with Crippen LogP contribution in [0.4, 0.5) is 0 Å². The minimum atomic E-state index is 0.181. The fraction of sp³-hybridized carbons (Fsp3) is 0.556. The number of phenolic OH excluding ortho intramolecular Hbond substituents is 1. The second-order valence-corrected chi connectivity index (χ2v) is 8.96. The Kier molecular flexibility index (Phi) is 10.4. The SMILES string of the molecule is CC(C)N(CCC(c1ccccc1)c1cc(CCCCCCO)ccc1O)C(C)C. The molecule has 3 heteroatoms. The summed E-state index contributed by atoms with van der Waals surface area (Å²) < 4.78 is 0. The van der Waals surface area contributed by atoms with Gasteiger partial charge in [0, 0.05) is 30.2 Å². The lowest BCUT2D eigenvalue weighted by Gasteiger charge is -2.32.